The standard InChI is InChI=1S/C17H26O3/c1-2-3-4-5-6-7-8-9-12-20-17-13-15(14-18)10-11-16(17)19/h10-11,13-14,19H,2-9,12H2,1H3. The molecular formula is C17H26O3. The summed E-state index contributed by atoms with van der Waals surface area (Å²) in [6.45, 7) is 2.82. The van der Waals surface area contributed by atoms with Crippen molar-refractivity contribution in [3.63, 3.8) is 0 Å². The minimum atomic E-state index is 0.0927. The first-order valence-corrected chi connectivity index (χ1v) is 7.69. The molecule has 1 aromatic carbocycles. The van der Waals surface area contributed by atoms with E-state index in [1.807, 2.05) is 0 Å². The second kappa shape index (κ2) is 10.3. The van der Waals surface area contributed by atoms with Crippen LogP contribution in [0.2, 0.25) is 0 Å². The topological polar surface area (TPSA) is 46.5 Å². The van der Waals surface area contributed by atoms with E-state index in [9.17, 15) is 9.90 Å². The molecule has 20 heavy (non-hydrogen) atoms. The Morgan fingerprint density at radius 1 is 1.05 bits per heavy atom. The maximum Gasteiger partial charge on any atom is 0.161 e. The van der Waals surface area contributed by atoms with Gasteiger partial charge in [0.15, 0.2) is 11.5 Å². The minimum absolute atomic E-state index is 0.0927. The molecule has 1 aromatic rings. The third-order valence-electron chi connectivity index (χ3n) is 3.38. The number of aldehydes is 1. The van der Waals surface area contributed by atoms with Crippen molar-refractivity contribution >= 4 is 6.29 Å². The van der Waals surface area contributed by atoms with Gasteiger partial charge in [-0.3, -0.25) is 4.79 Å². The smallest absolute Gasteiger partial charge is 0.161 e. The van der Waals surface area contributed by atoms with Gasteiger partial charge in [-0.05, 0) is 24.6 Å². The predicted molar refractivity (Wildman–Crippen MR) is 81.6 cm³/mol. The summed E-state index contributed by atoms with van der Waals surface area (Å²) in [6, 6.07) is 4.64. The summed E-state index contributed by atoms with van der Waals surface area (Å²) < 4.78 is 5.52. The Bertz CT molecular complexity index is 388. The van der Waals surface area contributed by atoms with Crippen LogP contribution in [0.5, 0.6) is 11.5 Å². The SMILES string of the molecule is CCCCCCCCCCOc1cc(C=O)ccc1O. The molecule has 1 N–H and O–H groups in total. The van der Waals surface area contributed by atoms with E-state index in [1.54, 1.807) is 12.1 Å². The number of phenolic OH excluding ortho intramolecular Hbond substituents is 1. The van der Waals surface area contributed by atoms with Gasteiger partial charge in [-0.1, -0.05) is 51.9 Å². The summed E-state index contributed by atoms with van der Waals surface area (Å²) in [6.07, 6.45) is 10.7. The Kier molecular flexibility index (Phi) is 8.52. The van der Waals surface area contributed by atoms with Crippen LogP contribution < -0.4 is 4.74 Å². The molecule has 0 atom stereocenters. The molecule has 3 heteroatoms. The van der Waals surface area contributed by atoms with Gasteiger partial charge in [-0.2, -0.15) is 0 Å². The number of carbonyl (C=O) groups is 1. The van der Waals surface area contributed by atoms with E-state index in [0.29, 0.717) is 17.9 Å². The Balaban J connectivity index is 2.10. The molecule has 0 saturated carbocycles. The number of hydrogen-bond acceptors (Lipinski definition) is 3. The van der Waals surface area contributed by atoms with Crippen molar-refractivity contribution in [3.05, 3.63) is 23.8 Å². The second-order valence-corrected chi connectivity index (χ2v) is 5.17. The lowest BCUT2D eigenvalue weighted by Crippen LogP contribution is -1.98. The Morgan fingerprint density at radius 2 is 1.70 bits per heavy atom. The molecule has 0 heterocycles. The van der Waals surface area contributed by atoms with E-state index in [1.165, 1.54) is 44.6 Å². The van der Waals surface area contributed by atoms with Gasteiger partial charge >= 0.3 is 0 Å². The number of aromatic hydroxyl groups is 1. The van der Waals surface area contributed by atoms with E-state index in [4.69, 9.17) is 4.74 Å². The van der Waals surface area contributed by atoms with Crippen molar-refractivity contribution in [1.82, 2.24) is 0 Å². The van der Waals surface area contributed by atoms with Gasteiger partial charge in [-0.15, -0.1) is 0 Å². The summed E-state index contributed by atoms with van der Waals surface area (Å²) in [7, 11) is 0. The van der Waals surface area contributed by atoms with Crippen LogP contribution in [-0.2, 0) is 0 Å². The van der Waals surface area contributed by atoms with Gasteiger partial charge in [-0.25, -0.2) is 0 Å². The van der Waals surface area contributed by atoms with E-state index in [-0.39, 0.29) is 5.75 Å². The van der Waals surface area contributed by atoms with Crippen LogP contribution in [0.25, 0.3) is 0 Å². The molecule has 0 fully saturated rings. The van der Waals surface area contributed by atoms with Crippen LogP contribution >= 0.6 is 0 Å². The summed E-state index contributed by atoms with van der Waals surface area (Å²) in [4.78, 5) is 10.7. The second-order valence-electron chi connectivity index (χ2n) is 5.17. The molecule has 0 amide bonds. The monoisotopic (exact) mass is 278 g/mol. The average molecular weight is 278 g/mol. The first-order valence-electron chi connectivity index (χ1n) is 7.69. The lowest BCUT2D eigenvalue weighted by molar-refractivity contribution is 0.112. The van der Waals surface area contributed by atoms with Crippen LogP contribution in [0.4, 0.5) is 0 Å². The van der Waals surface area contributed by atoms with Crippen LogP contribution in [0.15, 0.2) is 18.2 Å². The number of unbranched alkanes of at least 4 members (excludes halogenated alkanes) is 7. The fraction of sp³-hybridized carbons (Fsp3) is 0.588. The highest BCUT2D eigenvalue weighted by Crippen LogP contribution is 2.26. The van der Waals surface area contributed by atoms with Crippen LogP contribution in [0.3, 0.4) is 0 Å². The number of rotatable bonds is 11. The Labute approximate surface area is 122 Å². The predicted octanol–water partition coefficient (Wildman–Crippen LogP) is 4.72. The summed E-state index contributed by atoms with van der Waals surface area (Å²) in [5.74, 6) is 0.493. The van der Waals surface area contributed by atoms with Crippen molar-refractivity contribution in [2.75, 3.05) is 6.61 Å². The van der Waals surface area contributed by atoms with Crippen molar-refractivity contribution in [1.29, 1.82) is 0 Å². The molecule has 0 saturated heterocycles. The van der Waals surface area contributed by atoms with Crippen LogP contribution in [-0.4, -0.2) is 18.0 Å². The zero-order valence-corrected chi connectivity index (χ0v) is 12.4. The van der Waals surface area contributed by atoms with Crippen molar-refractivity contribution in [3.8, 4) is 11.5 Å². The third kappa shape index (κ3) is 6.60. The van der Waals surface area contributed by atoms with Gasteiger partial charge in [0.2, 0.25) is 0 Å². The van der Waals surface area contributed by atoms with E-state index in [0.717, 1.165) is 19.1 Å². The number of benzene rings is 1. The lowest BCUT2D eigenvalue weighted by atomic mass is 10.1. The van der Waals surface area contributed by atoms with Gasteiger partial charge < -0.3 is 9.84 Å². The molecule has 0 radical (unpaired) electrons. The zero-order chi connectivity index (χ0) is 14.6. The Morgan fingerprint density at radius 3 is 2.35 bits per heavy atom. The van der Waals surface area contributed by atoms with E-state index >= 15 is 0 Å². The van der Waals surface area contributed by atoms with Crippen molar-refractivity contribution in [2.24, 2.45) is 0 Å². The fourth-order valence-electron chi connectivity index (χ4n) is 2.14. The lowest BCUT2D eigenvalue weighted by Gasteiger charge is -2.08. The van der Waals surface area contributed by atoms with Crippen molar-refractivity contribution in [2.45, 2.75) is 58.3 Å². The maximum atomic E-state index is 10.7. The van der Waals surface area contributed by atoms with Crippen LogP contribution in [0.1, 0.15) is 68.6 Å². The molecule has 0 aliphatic rings. The first-order chi connectivity index (χ1) is 9.77. The molecule has 0 bridgehead atoms. The zero-order valence-electron chi connectivity index (χ0n) is 12.4. The maximum absolute atomic E-state index is 10.7. The first kappa shape index (κ1) is 16.5. The fourth-order valence-corrected chi connectivity index (χ4v) is 2.14. The molecule has 112 valence electrons. The highest BCUT2D eigenvalue weighted by atomic mass is 16.5. The number of phenols is 1. The summed E-state index contributed by atoms with van der Waals surface area (Å²) in [5.41, 5.74) is 0.522. The minimum Gasteiger partial charge on any atom is -0.504 e. The molecule has 0 unspecified atom stereocenters. The van der Waals surface area contributed by atoms with Crippen molar-refractivity contribution < 1.29 is 14.6 Å². The molecule has 0 aromatic heterocycles. The molecule has 0 spiro atoms. The average Bonchev–Trinajstić information content (AvgIpc) is 2.47. The molecule has 3 nitrogen and oxygen atoms in total. The van der Waals surface area contributed by atoms with E-state index in [2.05, 4.69) is 6.92 Å². The highest BCUT2D eigenvalue weighted by Gasteiger charge is 2.03. The van der Waals surface area contributed by atoms with Gasteiger partial charge in [0, 0.05) is 5.56 Å². The Hall–Kier alpha value is -1.51. The van der Waals surface area contributed by atoms with Gasteiger partial charge in [0.05, 0.1) is 6.61 Å². The normalized spacial score (nSPS) is 10.4. The largest absolute Gasteiger partial charge is 0.504 e. The number of ether oxygens (including phenoxy) is 1. The number of carbonyl (C=O) groups excluding carboxylic acids is 1. The molecule has 1 rings (SSSR count). The molecular weight excluding hydrogens is 252 g/mol. The van der Waals surface area contributed by atoms with Gasteiger partial charge in [0.25, 0.3) is 0 Å². The third-order valence-corrected chi connectivity index (χ3v) is 3.38. The molecule has 0 aliphatic heterocycles. The van der Waals surface area contributed by atoms with Gasteiger partial charge in [0.1, 0.15) is 6.29 Å². The van der Waals surface area contributed by atoms with Crippen LogP contribution in [0, 0.1) is 0 Å². The number of hydrogen-bond donors (Lipinski definition) is 1. The van der Waals surface area contributed by atoms with E-state index < -0.39 is 0 Å². The molecule has 0 aliphatic carbocycles. The highest BCUT2D eigenvalue weighted by molar-refractivity contribution is 5.76. The summed E-state index contributed by atoms with van der Waals surface area (Å²) >= 11 is 0. The quantitative estimate of drug-likeness (QED) is 0.470. The summed E-state index contributed by atoms with van der Waals surface area (Å²) in [5, 5.41) is 9.61.